The molecule has 2 aromatic rings. The van der Waals surface area contributed by atoms with Gasteiger partial charge in [-0.05, 0) is 50.9 Å². The van der Waals surface area contributed by atoms with Gasteiger partial charge in [-0.15, -0.1) is 0 Å². The van der Waals surface area contributed by atoms with Crippen molar-refractivity contribution in [2.45, 2.75) is 32.1 Å². The molecule has 2 aliphatic heterocycles. The third kappa shape index (κ3) is 3.83. The predicted molar refractivity (Wildman–Crippen MR) is 103 cm³/mol. The Bertz CT molecular complexity index is 767. The number of amides is 1. The molecule has 0 bridgehead atoms. The highest BCUT2D eigenvalue weighted by Gasteiger charge is 2.23. The van der Waals surface area contributed by atoms with Gasteiger partial charge in [-0.3, -0.25) is 4.79 Å². The van der Waals surface area contributed by atoms with Crippen LogP contribution in [0.25, 0.3) is 10.9 Å². The number of fused-ring (bicyclic) bond motifs is 1. The molecule has 1 aromatic heterocycles. The second-order valence-electron chi connectivity index (χ2n) is 7.27. The third-order valence-corrected chi connectivity index (χ3v) is 5.37. The first kappa shape index (κ1) is 17.3. The van der Waals surface area contributed by atoms with Crippen molar-refractivity contribution in [3.05, 3.63) is 36.0 Å². The molecule has 0 radical (unpaired) electrons. The summed E-state index contributed by atoms with van der Waals surface area (Å²) < 4.78 is 6.03. The van der Waals surface area contributed by atoms with Crippen LogP contribution >= 0.6 is 0 Å². The first-order valence-corrected chi connectivity index (χ1v) is 9.85. The molecule has 1 amide bonds. The summed E-state index contributed by atoms with van der Waals surface area (Å²) in [5.74, 6) is 0.803. The zero-order valence-electron chi connectivity index (χ0n) is 15.3. The van der Waals surface area contributed by atoms with Crippen LogP contribution in [0.5, 0.6) is 5.75 Å². The SMILES string of the molecule is O=C(c1ccc2cccc(OCCCN3CCCCC3)c2n1)N1CCC1. The van der Waals surface area contributed by atoms with E-state index in [1.165, 1.54) is 32.4 Å². The summed E-state index contributed by atoms with van der Waals surface area (Å²) in [6, 6.07) is 9.74. The Kier molecular flexibility index (Phi) is 5.34. The number of carbonyl (C=O) groups excluding carboxylic acids is 1. The van der Waals surface area contributed by atoms with E-state index in [-0.39, 0.29) is 5.91 Å². The number of rotatable bonds is 6. The van der Waals surface area contributed by atoms with Crippen LogP contribution < -0.4 is 4.74 Å². The minimum absolute atomic E-state index is 0.0260. The van der Waals surface area contributed by atoms with Crippen LogP contribution in [-0.4, -0.2) is 60.0 Å². The first-order valence-electron chi connectivity index (χ1n) is 9.85. The van der Waals surface area contributed by atoms with E-state index in [1.807, 2.05) is 35.2 Å². The molecule has 0 N–H and O–H groups in total. The highest BCUT2D eigenvalue weighted by molar-refractivity contribution is 5.96. The minimum Gasteiger partial charge on any atom is -0.491 e. The van der Waals surface area contributed by atoms with E-state index in [4.69, 9.17) is 4.74 Å². The van der Waals surface area contributed by atoms with Crippen LogP contribution in [0.3, 0.4) is 0 Å². The van der Waals surface area contributed by atoms with Crippen LogP contribution in [-0.2, 0) is 0 Å². The lowest BCUT2D eigenvalue weighted by molar-refractivity contribution is 0.0646. The van der Waals surface area contributed by atoms with Gasteiger partial charge in [0.25, 0.3) is 5.91 Å². The standard InChI is InChI=1S/C21H27N3O2/c25-21(24-14-5-15-24)18-10-9-17-7-4-8-19(20(17)22-18)26-16-6-13-23-11-2-1-3-12-23/h4,7-10H,1-3,5-6,11-16H2. The number of pyridine rings is 1. The molecule has 0 unspecified atom stereocenters. The summed E-state index contributed by atoms with van der Waals surface area (Å²) in [4.78, 5) is 21.4. The molecule has 5 nitrogen and oxygen atoms in total. The van der Waals surface area contributed by atoms with Crippen molar-refractivity contribution < 1.29 is 9.53 Å². The number of hydrogen-bond donors (Lipinski definition) is 0. The number of carbonyl (C=O) groups is 1. The van der Waals surface area contributed by atoms with Gasteiger partial charge in [-0.2, -0.15) is 0 Å². The fourth-order valence-electron chi connectivity index (χ4n) is 3.69. The molecule has 4 rings (SSSR count). The Morgan fingerprint density at radius 2 is 1.85 bits per heavy atom. The lowest BCUT2D eigenvalue weighted by atomic mass is 10.1. The van der Waals surface area contributed by atoms with Gasteiger partial charge in [0, 0.05) is 25.0 Å². The second kappa shape index (κ2) is 8.04. The average molecular weight is 353 g/mol. The fraction of sp³-hybridized carbons (Fsp3) is 0.524. The Morgan fingerprint density at radius 1 is 1.00 bits per heavy atom. The van der Waals surface area contributed by atoms with E-state index in [0.717, 1.165) is 49.1 Å². The Hall–Kier alpha value is -2.14. The second-order valence-corrected chi connectivity index (χ2v) is 7.27. The smallest absolute Gasteiger partial charge is 0.272 e. The molecule has 2 saturated heterocycles. The molecular weight excluding hydrogens is 326 g/mol. The van der Waals surface area contributed by atoms with Crippen molar-refractivity contribution in [3.63, 3.8) is 0 Å². The molecule has 0 spiro atoms. The Morgan fingerprint density at radius 3 is 2.62 bits per heavy atom. The van der Waals surface area contributed by atoms with Gasteiger partial charge in [0.05, 0.1) is 6.61 Å². The zero-order chi connectivity index (χ0) is 17.8. The molecule has 5 heteroatoms. The van der Waals surface area contributed by atoms with E-state index in [0.29, 0.717) is 12.3 Å². The van der Waals surface area contributed by atoms with Gasteiger partial charge in [0.1, 0.15) is 17.0 Å². The van der Waals surface area contributed by atoms with E-state index >= 15 is 0 Å². The highest BCUT2D eigenvalue weighted by Crippen LogP contribution is 2.25. The van der Waals surface area contributed by atoms with Gasteiger partial charge in [-0.25, -0.2) is 4.98 Å². The molecular formula is C21H27N3O2. The predicted octanol–water partition coefficient (Wildman–Crippen LogP) is 3.34. The number of nitrogens with zero attached hydrogens (tertiary/aromatic N) is 3. The van der Waals surface area contributed by atoms with E-state index in [1.54, 1.807) is 0 Å². The fourth-order valence-corrected chi connectivity index (χ4v) is 3.69. The zero-order valence-corrected chi connectivity index (χ0v) is 15.3. The van der Waals surface area contributed by atoms with E-state index in [9.17, 15) is 4.79 Å². The molecule has 138 valence electrons. The normalized spacial score (nSPS) is 17.9. The maximum Gasteiger partial charge on any atom is 0.272 e. The average Bonchev–Trinajstić information content (AvgIpc) is 2.64. The maximum atomic E-state index is 12.4. The lowest BCUT2D eigenvalue weighted by Crippen LogP contribution is -2.42. The van der Waals surface area contributed by atoms with Gasteiger partial charge in [-0.1, -0.05) is 24.6 Å². The van der Waals surface area contributed by atoms with Crippen molar-refractivity contribution >= 4 is 16.8 Å². The summed E-state index contributed by atoms with van der Waals surface area (Å²) in [6.45, 7) is 5.90. The van der Waals surface area contributed by atoms with Gasteiger partial charge >= 0.3 is 0 Å². The number of piperidine rings is 1. The first-order chi connectivity index (χ1) is 12.8. The van der Waals surface area contributed by atoms with Crippen molar-refractivity contribution in [2.75, 3.05) is 39.3 Å². The molecule has 3 heterocycles. The molecule has 2 aliphatic rings. The number of para-hydroxylation sites is 1. The highest BCUT2D eigenvalue weighted by atomic mass is 16.5. The van der Waals surface area contributed by atoms with Crippen molar-refractivity contribution in [2.24, 2.45) is 0 Å². The molecule has 0 atom stereocenters. The number of likely N-dealkylation sites (tertiary alicyclic amines) is 2. The lowest BCUT2D eigenvalue weighted by Gasteiger charge is -2.30. The van der Waals surface area contributed by atoms with Crippen LogP contribution in [0.1, 0.15) is 42.6 Å². The molecule has 1 aromatic carbocycles. The van der Waals surface area contributed by atoms with Crippen LogP contribution in [0.4, 0.5) is 0 Å². The molecule has 26 heavy (non-hydrogen) atoms. The summed E-state index contributed by atoms with van der Waals surface area (Å²) in [6.07, 6.45) is 6.12. The van der Waals surface area contributed by atoms with E-state index < -0.39 is 0 Å². The van der Waals surface area contributed by atoms with Crippen molar-refractivity contribution in [3.8, 4) is 5.75 Å². The van der Waals surface area contributed by atoms with Crippen LogP contribution in [0.2, 0.25) is 0 Å². The van der Waals surface area contributed by atoms with Crippen LogP contribution in [0.15, 0.2) is 30.3 Å². The van der Waals surface area contributed by atoms with Gasteiger partial charge in [0.15, 0.2) is 0 Å². The monoisotopic (exact) mass is 353 g/mol. The quantitative estimate of drug-likeness (QED) is 0.747. The number of benzene rings is 1. The number of aromatic nitrogens is 1. The number of ether oxygens (including phenoxy) is 1. The van der Waals surface area contributed by atoms with Gasteiger partial charge in [0.2, 0.25) is 0 Å². The third-order valence-electron chi connectivity index (χ3n) is 5.37. The largest absolute Gasteiger partial charge is 0.491 e. The summed E-state index contributed by atoms with van der Waals surface area (Å²) in [5, 5.41) is 1.01. The minimum atomic E-state index is 0.0260. The maximum absolute atomic E-state index is 12.4. The molecule has 0 aliphatic carbocycles. The summed E-state index contributed by atoms with van der Waals surface area (Å²) in [7, 11) is 0. The molecule has 0 saturated carbocycles. The van der Waals surface area contributed by atoms with Crippen molar-refractivity contribution in [1.29, 1.82) is 0 Å². The summed E-state index contributed by atoms with van der Waals surface area (Å²) >= 11 is 0. The van der Waals surface area contributed by atoms with E-state index in [2.05, 4.69) is 9.88 Å². The molecule has 2 fully saturated rings. The summed E-state index contributed by atoms with van der Waals surface area (Å²) in [5.41, 5.74) is 1.30. The van der Waals surface area contributed by atoms with Crippen LogP contribution in [0, 0.1) is 0 Å². The Labute approximate surface area is 154 Å². The topological polar surface area (TPSA) is 45.7 Å². The Balaban J connectivity index is 1.41. The van der Waals surface area contributed by atoms with Crippen molar-refractivity contribution in [1.82, 2.24) is 14.8 Å². The van der Waals surface area contributed by atoms with Gasteiger partial charge < -0.3 is 14.5 Å². The number of hydrogen-bond acceptors (Lipinski definition) is 4.